The maximum atomic E-state index is 13.0. The van der Waals surface area contributed by atoms with Crippen molar-refractivity contribution in [2.24, 2.45) is 15.4 Å². The van der Waals surface area contributed by atoms with Gasteiger partial charge in [-0.3, -0.25) is 28.2 Å². The standard InChI is InChI=1S/C22H18ClN3O3S.C16H19N3O4S2.C12H10ClN3O3S2.C12H11N3O3S2/c23-17-11-10-16(13-19(17)25-30(28)29)21(27)14-26-20-9-5-4-8-18(20)24-22(26)12-15-6-2-1-3-7-15;1-16(2,3)13-8-14(21)19-15(18-13)24-9-12(20)10-4-6-11(7-5-10)25(17,22)23;13-9-6-8(2-3-11(9)21(14,18)19)10(17)7-20-12-15-4-1-5-16-12;13-20(17,18)10-4-2-9(3-5-10)11(16)8-19-12-14-6-1-7-15-12/h1-11,13,25H,12,14H2,(H,28,29);4-8H,9H2,1-3H3,(H2,17,22,23)(H,18,19,21);1-6H,7H2,(H2,14,18,19);1-7H,8H2,(H2,13,17,18)/p-1. The highest BCUT2D eigenvalue weighted by molar-refractivity contribution is 8.00. The molecule has 8 N–H and O–H groups in total. The number of carbonyl (C=O) groups excluding carboxylic acids is 4. The molecular formula is C62H57Cl2N12O13S7-. The molecule has 0 spiro atoms. The minimum absolute atomic E-state index is 0.0203. The second kappa shape index (κ2) is 34.1. The number of imidazole rings is 1. The molecule has 4 aromatic heterocycles. The molecule has 10 rings (SSSR count). The molecule has 0 aliphatic heterocycles. The fourth-order valence-electron chi connectivity index (χ4n) is 8.13. The smallest absolute Gasteiger partial charge is 0.251 e. The van der Waals surface area contributed by atoms with Crippen molar-refractivity contribution in [3.8, 4) is 0 Å². The number of thioether (sulfide) groups is 3. The van der Waals surface area contributed by atoms with Crippen LogP contribution in [0.1, 0.15) is 79.3 Å². The number of carbonyl (C=O) groups is 4. The number of nitrogens with zero attached hydrogens (tertiary/aromatic N) is 7. The number of primary sulfonamides is 3. The van der Waals surface area contributed by atoms with E-state index in [9.17, 15) is 58.0 Å². The first-order valence-electron chi connectivity index (χ1n) is 27.7. The lowest BCUT2D eigenvalue weighted by molar-refractivity contribution is 0.0969. The molecule has 0 amide bonds. The lowest BCUT2D eigenvalue weighted by atomic mass is 9.92. The Bertz CT molecular complexity index is 4870. The Morgan fingerprint density at radius 2 is 1.05 bits per heavy atom. The van der Waals surface area contributed by atoms with Gasteiger partial charge < -0.3 is 18.8 Å². The minimum atomic E-state index is -3.90. The molecule has 10 aromatic rings. The Balaban J connectivity index is 0.000000183. The van der Waals surface area contributed by atoms with Crippen LogP contribution in [0.5, 0.6) is 0 Å². The predicted molar refractivity (Wildman–Crippen MR) is 369 cm³/mol. The molecule has 96 heavy (non-hydrogen) atoms. The van der Waals surface area contributed by atoms with Gasteiger partial charge in [0.2, 0.25) is 30.1 Å². The summed E-state index contributed by atoms with van der Waals surface area (Å²) >= 11 is 12.8. The minimum Gasteiger partial charge on any atom is -0.755 e. The molecule has 34 heteroatoms. The summed E-state index contributed by atoms with van der Waals surface area (Å²) in [6.45, 7) is 5.91. The van der Waals surface area contributed by atoms with Crippen LogP contribution in [-0.4, -0.2) is 114 Å². The van der Waals surface area contributed by atoms with Gasteiger partial charge in [-0.05, 0) is 90.5 Å². The molecule has 0 bridgehead atoms. The van der Waals surface area contributed by atoms with E-state index in [1.54, 1.807) is 43.0 Å². The number of Topliss-reactive ketones (excluding diaryl/α,β-unsaturated/α-hetero) is 4. The molecular weight excluding hydrogens is 1420 g/mol. The fourth-order valence-corrected chi connectivity index (χ4v) is 13.0. The number of sulfonamides is 3. The normalized spacial score (nSPS) is 11.8. The molecule has 1 atom stereocenters. The Hall–Kier alpha value is -8.22. The van der Waals surface area contributed by atoms with E-state index in [1.165, 1.54) is 108 Å². The molecule has 1 unspecified atom stereocenters. The first-order valence-corrected chi connectivity index (χ1v) is 37.1. The van der Waals surface area contributed by atoms with Gasteiger partial charge in [-0.25, -0.2) is 70.6 Å². The van der Waals surface area contributed by atoms with Gasteiger partial charge >= 0.3 is 0 Å². The van der Waals surface area contributed by atoms with Gasteiger partial charge in [-0.1, -0.05) is 146 Å². The third-order valence-electron chi connectivity index (χ3n) is 12.9. The van der Waals surface area contributed by atoms with Crippen molar-refractivity contribution < 1.29 is 53.2 Å². The van der Waals surface area contributed by atoms with Crippen molar-refractivity contribution >= 4 is 140 Å². The van der Waals surface area contributed by atoms with Crippen LogP contribution in [0.3, 0.4) is 0 Å². The van der Waals surface area contributed by atoms with Gasteiger partial charge in [-0.15, -0.1) is 0 Å². The lowest BCUT2D eigenvalue weighted by Gasteiger charge is -2.17. The topological polar surface area (TPSA) is 416 Å². The van der Waals surface area contributed by atoms with Crippen molar-refractivity contribution in [3.63, 3.8) is 0 Å². The SMILES string of the molecule is CC(C)(C)c1cc(=O)[nH]c(SCC(=O)c2ccc(S(N)(=O)=O)cc2)n1.NS(=O)(=O)c1ccc(C(=O)CSc2ncccn2)cc1.NS(=O)(=O)c1ccc(C(=O)CSc2ncccn2)cc1Cl.O=C(Cn1c(Cc2ccccc2)nc2ccccc21)c1ccc(Cl)c(NS(=O)[O-])c1. The number of aromatic amines is 1. The number of halogens is 2. The van der Waals surface area contributed by atoms with Crippen molar-refractivity contribution in [3.05, 3.63) is 242 Å². The van der Waals surface area contributed by atoms with E-state index in [-0.39, 0.29) is 88.3 Å². The number of nitrogens with two attached hydrogens (primary N) is 3. The van der Waals surface area contributed by atoms with E-state index in [1.807, 2.05) is 79.9 Å². The number of anilines is 1. The van der Waals surface area contributed by atoms with E-state index in [2.05, 4.69) is 34.6 Å². The predicted octanol–water partition coefficient (Wildman–Crippen LogP) is 8.91. The summed E-state index contributed by atoms with van der Waals surface area (Å²) < 4.78 is 93.1. The fraction of sp³-hybridized carbons (Fsp3) is 0.145. The summed E-state index contributed by atoms with van der Waals surface area (Å²) in [4.78, 5) is 88.3. The number of hydrogen-bond donors (Lipinski definition) is 5. The van der Waals surface area contributed by atoms with E-state index < -0.39 is 41.3 Å². The van der Waals surface area contributed by atoms with Crippen LogP contribution in [-0.2, 0) is 59.7 Å². The Morgan fingerprint density at radius 3 is 1.55 bits per heavy atom. The Labute approximate surface area is 576 Å². The van der Waals surface area contributed by atoms with Crippen LogP contribution in [0.4, 0.5) is 5.69 Å². The number of ketones is 4. The van der Waals surface area contributed by atoms with Gasteiger partial charge in [0.25, 0.3) is 5.56 Å². The first kappa shape index (κ1) is 75.2. The third-order valence-corrected chi connectivity index (χ3v) is 19.5. The zero-order chi connectivity index (χ0) is 70.0. The highest BCUT2D eigenvalue weighted by Gasteiger charge is 2.21. The van der Waals surface area contributed by atoms with Crippen LogP contribution in [0, 0.1) is 0 Å². The zero-order valence-electron chi connectivity index (χ0n) is 50.6. The average Bonchev–Trinajstić information content (AvgIpc) is 1.59. The van der Waals surface area contributed by atoms with E-state index in [0.717, 1.165) is 34.2 Å². The maximum Gasteiger partial charge on any atom is 0.251 e. The van der Waals surface area contributed by atoms with Crippen molar-refractivity contribution in [2.75, 3.05) is 22.0 Å². The summed E-state index contributed by atoms with van der Waals surface area (Å²) in [5, 5.41) is 16.5. The van der Waals surface area contributed by atoms with Crippen LogP contribution in [0.15, 0.2) is 217 Å². The summed E-state index contributed by atoms with van der Waals surface area (Å²) in [5.74, 6) is 0.403. The summed E-state index contributed by atoms with van der Waals surface area (Å²) in [5.41, 5.74) is 4.46. The number of aromatic nitrogens is 8. The van der Waals surface area contributed by atoms with E-state index >= 15 is 0 Å². The highest BCUT2D eigenvalue weighted by atomic mass is 35.5. The van der Waals surface area contributed by atoms with Gasteiger partial charge in [0.05, 0.1) is 66.1 Å². The van der Waals surface area contributed by atoms with Gasteiger partial charge in [-0.2, -0.15) is 0 Å². The molecule has 6 aromatic carbocycles. The zero-order valence-corrected chi connectivity index (χ0v) is 57.9. The monoisotopic (exact) mass is 1470 g/mol. The Morgan fingerprint density at radius 1 is 0.573 bits per heavy atom. The number of rotatable bonds is 22. The maximum absolute atomic E-state index is 13.0. The summed E-state index contributed by atoms with van der Waals surface area (Å²) in [7, 11) is -11.4. The Kier molecular flexibility index (Phi) is 26.7. The van der Waals surface area contributed by atoms with E-state index in [0.29, 0.717) is 49.8 Å². The van der Waals surface area contributed by atoms with Gasteiger partial charge in [0, 0.05) is 76.2 Å². The molecule has 0 aliphatic carbocycles. The van der Waals surface area contributed by atoms with E-state index in [4.69, 9.17) is 43.6 Å². The summed E-state index contributed by atoms with van der Waals surface area (Å²) in [6, 6.07) is 41.7. The van der Waals surface area contributed by atoms with Crippen LogP contribution >= 0.6 is 58.5 Å². The molecule has 0 aliphatic rings. The lowest BCUT2D eigenvalue weighted by Crippen LogP contribution is -2.20. The van der Waals surface area contributed by atoms with Crippen molar-refractivity contribution in [2.45, 2.75) is 69.3 Å². The quantitative estimate of drug-likeness (QED) is 0.0183. The average molecular weight is 1470 g/mol. The van der Waals surface area contributed by atoms with Crippen molar-refractivity contribution in [1.82, 2.24) is 39.5 Å². The molecule has 0 radical (unpaired) electrons. The largest absolute Gasteiger partial charge is 0.755 e. The number of benzene rings is 6. The highest BCUT2D eigenvalue weighted by Crippen LogP contribution is 2.28. The first-order chi connectivity index (χ1) is 45.3. The molecule has 0 fully saturated rings. The second-order valence-corrected chi connectivity index (χ2v) is 29.9. The molecule has 0 saturated heterocycles. The number of H-pyrrole nitrogens is 1. The van der Waals surface area contributed by atoms with Crippen LogP contribution in [0.25, 0.3) is 11.0 Å². The van der Waals surface area contributed by atoms with Gasteiger partial charge in [0.1, 0.15) is 10.7 Å². The van der Waals surface area contributed by atoms with Crippen LogP contribution < -0.4 is 25.7 Å². The molecule has 0 saturated carbocycles. The second-order valence-electron chi connectivity index (χ2n) is 20.9. The molecule has 25 nitrogen and oxygen atoms in total. The summed E-state index contributed by atoms with van der Waals surface area (Å²) in [6.07, 6.45) is 6.95. The number of hydrogen-bond acceptors (Lipinski definition) is 22. The number of nitrogens with one attached hydrogen (secondary N) is 2. The van der Waals surface area contributed by atoms with Crippen LogP contribution in [0.2, 0.25) is 10.0 Å². The number of fused-ring (bicyclic) bond motifs is 1. The van der Waals surface area contributed by atoms with Gasteiger partial charge in [0.15, 0.2) is 38.6 Å². The number of para-hydroxylation sites is 2. The molecule has 4 heterocycles. The van der Waals surface area contributed by atoms with Crippen molar-refractivity contribution in [1.29, 1.82) is 0 Å². The molecule has 500 valence electrons. The third kappa shape index (κ3) is 23.0.